The summed E-state index contributed by atoms with van der Waals surface area (Å²) >= 11 is 0. The van der Waals surface area contributed by atoms with Crippen molar-refractivity contribution in [2.24, 2.45) is 0 Å². The van der Waals surface area contributed by atoms with Crippen LogP contribution in [0.5, 0.6) is 23.0 Å². The van der Waals surface area contributed by atoms with E-state index in [-0.39, 0.29) is 24.9 Å². The van der Waals surface area contributed by atoms with E-state index < -0.39 is 11.9 Å². The molecule has 180 valence electrons. The number of nitrogens with zero attached hydrogens (tertiary/aromatic N) is 2. The van der Waals surface area contributed by atoms with Gasteiger partial charge in [0.2, 0.25) is 11.6 Å². The number of aromatic nitrogens is 2. The van der Waals surface area contributed by atoms with Crippen LogP contribution in [0, 0.1) is 0 Å². The van der Waals surface area contributed by atoms with E-state index in [1.807, 2.05) is 6.92 Å². The second kappa shape index (κ2) is 11.5. The van der Waals surface area contributed by atoms with Crippen molar-refractivity contribution < 1.29 is 37.7 Å². The summed E-state index contributed by atoms with van der Waals surface area (Å²) in [6, 6.07) is 10.1. The second-order valence-electron chi connectivity index (χ2n) is 6.69. The van der Waals surface area contributed by atoms with E-state index >= 15 is 0 Å². The molecule has 1 N–H and O–H groups in total. The molecule has 3 rings (SSSR count). The Balaban J connectivity index is 1.58. The lowest BCUT2D eigenvalue weighted by molar-refractivity contribution is -0.144. The Bertz CT molecular complexity index is 1120. The van der Waals surface area contributed by atoms with Crippen molar-refractivity contribution in [3.05, 3.63) is 47.9 Å². The van der Waals surface area contributed by atoms with Gasteiger partial charge in [0, 0.05) is 5.56 Å². The van der Waals surface area contributed by atoms with E-state index in [0.717, 1.165) is 0 Å². The molecular formula is C23H25N3O8. The summed E-state index contributed by atoms with van der Waals surface area (Å²) in [5.74, 6) is 0.818. The third kappa shape index (κ3) is 5.74. The van der Waals surface area contributed by atoms with Crippen molar-refractivity contribution >= 4 is 11.9 Å². The minimum absolute atomic E-state index is 0.0742. The number of methoxy groups -OCH3 is 3. The molecule has 0 unspecified atom stereocenters. The van der Waals surface area contributed by atoms with Gasteiger partial charge in [-0.3, -0.25) is 9.59 Å². The van der Waals surface area contributed by atoms with Gasteiger partial charge >= 0.3 is 5.97 Å². The van der Waals surface area contributed by atoms with Gasteiger partial charge in [0.25, 0.3) is 11.8 Å². The number of benzene rings is 2. The van der Waals surface area contributed by atoms with Gasteiger partial charge in [-0.15, -0.1) is 10.2 Å². The van der Waals surface area contributed by atoms with Crippen molar-refractivity contribution in [3.8, 4) is 34.5 Å². The van der Waals surface area contributed by atoms with Gasteiger partial charge in [-0.25, -0.2) is 0 Å². The highest BCUT2D eigenvalue weighted by molar-refractivity contribution is 5.98. The second-order valence-corrected chi connectivity index (χ2v) is 6.69. The van der Waals surface area contributed by atoms with E-state index in [1.54, 1.807) is 36.4 Å². The fourth-order valence-electron chi connectivity index (χ4n) is 3.01. The van der Waals surface area contributed by atoms with Gasteiger partial charge < -0.3 is 33.4 Å². The molecule has 0 atom stereocenters. The van der Waals surface area contributed by atoms with Crippen LogP contribution in [0.3, 0.4) is 0 Å². The van der Waals surface area contributed by atoms with Crippen LogP contribution < -0.4 is 24.3 Å². The summed E-state index contributed by atoms with van der Waals surface area (Å²) in [6.07, 6.45) is 0. The van der Waals surface area contributed by atoms with Crippen molar-refractivity contribution in [1.29, 1.82) is 0 Å². The van der Waals surface area contributed by atoms with Crippen molar-refractivity contribution in [2.45, 2.75) is 13.5 Å². The summed E-state index contributed by atoms with van der Waals surface area (Å²) in [7, 11) is 4.49. The van der Waals surface area contributed by atoms with Gasteiger partial charge in [0.15, 0.2) is 18.1 Å². The molecule has 2 aromatic carbocycles. The standard InChI is InChI=1S/C23H25N3O8/c1-5-32-16-9-7-6-8-15(16)22(28)24-12-20(27)33-13-19-25-26-23(34-19)14-10-17(29-2)21(31-4)18(11-14)30-3/h6-11H,5,12-13H2,1-4H3,(H,24,28). The van der Waals surface area contributed by atoms with Crippen LogP contribution in [0.25, 0.3) is 11.5 Å². The molecule has 0 aliphatic rings. The van der Waals surface area contributed by atoms with Crippen LogP contribution in [-0.4, -0.2) is 56.6 Å². The molecule has 11 nitrogen and oxygen atoms in total. The molecule has 0 saturated heterocycles. The van der Waals surface area contributed by atoms with Crippen LogP contribution in [0.4, 0.5) is 0 Å². The van der Waals surface area contributed by atoms with E-state index in [1.165, 1.54) is 21.3 Å². The molecule has 1 amide bonds. The van der Waals surface area contributed by atoms with Gasteiger partial charge in [-0.05, 0) is 31.2 Å². The van der Waals surface area contributed by atoms with Crippen molar-refractivity contribution in [3.63, 3.8) is 0 Å². The monoisotopic (exact) mass is 471 g/mol. The highest BCUT2D eigenvalue weighted by atomic mass is 16.5. The number of para-hydroxylation sites is 1. The Morgan fingerprint density at radius 1 is 0.971 bits per heavy atom. The minimum Gasteiger partial charge on any atom is -0.493 e. The summed E-state index contributed by atoms with van der Waals surface area (Å²) in [4.78, 5) is 24.4. The van der Waals surface area contributed by atoms with Crippen LogP contribution >= 0.6 is 0 Å². The van der Waals surface area contributed by atoms with Gasteiger partial charge in [-0.1, -0.05) is 12.1 Å². The van der Waals surface area contributed by atoms with E-state index in [2.05, 4.69) is 15.5 Å². The molecule has 34 heavy (non-hydrogen) atoms. The zero-order valence-electron chi connectivity index (χ0n) is 19.2. The number of hydrogen-bond acceptors (Lipinski definition) is 10. The van der Waals surface area contributed by atoms with Gasteiger partial charge in [0.1, 0.15) is 12.3 Å². The summed E-state index contributed by atoms with van der Waals surface area (Å²) in [5, 5.41) is 10.4. The zero-order valence-corrected chi connectivity index (χ0v) is 19.2. The molecule has 1 aromatic heterocycles. The Hall–Kier alpha value is -4.28. The topological polar surface area (TPSA) is 131 Å². The maximum absolute atomic E-state index is 12.4. The predicted octanol–water partition coefficient (Wildman–Crippen LogP) is 2.63. The number of carbonyl (C=O) groups is 2. The minimum atomic E-state index is -0.672. The lowest BCUT2D eigenvalue weighted by Gasteiger charge is -2.12. The molecule has 0 aliphatic heterocycles. The SMILES string of the molecule is CCOc1ccccc1C(=O)NCC(=O)OCc1nnc(-c2cc(OC)c(OC)c(OC)c2)o1. The summed E-state index contributed by atoms with van der Waals surface area (Å²) in [5.41, 5.74) is 0.851. The van der Waals surface area contributed by atoms with Crippen LogP contribution in [-0.2, 0) is 16.1 Å². The van der Waals surface area contributed by atoms with Crippen molar-refractivity contribution in [1.82, 2.24) is 15.5 Å². The first kappa shape index (κ1) is 24.4. The van der Waals surface area contributed by atoms with Gasteiger partial charge in [-0.2, -0.15) is 0 Å². The number of nitrogens with one attached hydrogen (secondary N) is 1. The van der Waals surface area contributed by atoms with Crippen molar-refractivity contribution in [2.75, 3.05) is 34.5 Å². The average Bonchev–Trinajstić information content (AvgIpc) is 3.34. The highest BCUT2D eigenvalue weighted by Crippen LogP contribution is 2.40. The van der Waals surface area contributed by atoms with E-state index in [4.69, 9.17) is 28.1 Å². The first-order valence-electron chi connectivity index (χ1n) is 10.3. The van der Waals surface area contributed by atoms with E-state index in [9.17, 15) is 9.59 Å². The molecule has 11 heteroatoms. The quantitative estimate of drug-likeness (QED) is 0.416. The lowest BCUT2D eigenvalue weighted by Crippen LogP contribution is -2.30. The smallest absolute Gasteiger partial charge is 0.325 e. The molecule has 1 heterocycles. The third-order valence-corrected chi connectivity index (χ3v) is 4.56. The Morgan fingerprint density at radius 3 is 2.32 bits per heavy atom. The number of carbonyl (C=O) groups excluding carboxylic acids is 2. The van der Waals surface area contributed by atoms with Crippen LogP contribution in [0.1, 0.15) is 23.2 Å². The first-order chi connectivity index (χ1) is 16.5. The molecule has 0 radical (unpaired) electrons. The predicted molar refractivity (Wildman–Crippen MR) is 119 cm³/mol. The molecule has 0 saturated carbocycles. The maximum Gasteiger partial charge on any atom is 0.325 e. The molecule has 0 fully saturated rings. The number of esters is 1. The molecule has 0 spiro atoms. The number of hydrogen-bond donors (Lipinski definition) is 1. The third-order valence-electron chi connectivity index (χ3n) is 4.56. The fourth-order valence-corrected chi connectivity index (χ4v) is 3.01. The molecule has 0 aliphatic carbocycles. The fraction of sp³-hybridized carbons (Fsp3) is 0.304. The molecule has 0 bridgehead atoms. The Morgan fingerprint density at radius 2 is 1.68 bits per heavy atom. The summed E-state index contributed by atoms with van der Waals surface area (Å²) in [6.45, 7) is 1.63. The van der Waals surface area contributed by atoms with Gasteiger partial charge in [0.05, 0.1) is 33.5 Å². The first-order valence-corrected chi connectivity index (χ1v) is 10.3. The number of rotatable bonds is 11. The highest BCUT2D eigenvalue weighted by Gasteiger charge is 2.18. The van der Waals surface area contributed by atoms with E-state index in [0.29, 0.717) is 40.7 Å². The zero-order chi connectivity index (χ0) is 24.5. The number of ether oxygens (including phenoxy) is 5. The van der Waals surface area contributed by atoms with Crippen LogP contribution in [0.2, 0.25) is 0 Å². The maximum atomic E-state index is 12.4. The Labute approximate surface area is 195 Å². The van der Waals surface area contributed by atoms with Crippen LogP contribution in [0.15, 0.2) is 40.8 Å². The average molecular weight is 471 g/mol. The number of amides is 1. The summed E-state index contributed by atoms with van der Waals surface area (Å²) < 4.78 is 32.0. The lowest BCUT2D eigenvalue weighted by atomic mass is 10.2. The normalized spacial score (nSPS) is 10.4. The molecular weight excluding hydrogens is 446 g/mol. The largest absolute Gasteiger partial charge is 0.493 e. The Kier molecular flexibility index (Phi) is 8.27. The molecule has 3 aromatic rings.